The molecule has 2 aliphatic carbocycles. The normalized spacial score (nSPS) is 29.1. The van der Waals surface area contributed by atoms with Crippen LogP contribution in [0.1, 0.15) is 68.8 Å². The molecule has 6 atom stereocenters. The lowest BCUT2D eigenvalue weighted by atomic mass is 9.72. The number of phenolic OH excluding ortho intramolecular Hbond substituents is 2. The van der Waals surface area contributed by atoms with Gasteiger partial charge in [0.25, 0.3) is 0 Å². The predicted molar refractivity (Wildman–Crippen MR) is 139 cm³/mol. The molecule has 216 valence electrons. The van der Waals surface area contributed by atoms with E-state index in [1.807, 2.05) is 0 Å². The fourth-order valence-electron chi connectivity index (χ4n) is 5.75. The number of halogens is 1. The van der Waals surface area contributed by atoms with E-state index in [1.165, 1.54) is 25.3 Å². The quantitative estimate of drug-likeness (QED) is 0.227. The second-order valence-electron chi connectivity index (χ2n) is 10.2. The SMILES string of the molecule is COc1cccc2c1C(=O)c1c(O)c3c(c(O)c1C2=O)C[C@@](O)(C(=O)CO)CC3O[C@H]1C[C@H](N)[C@H](O)[C@H](C)O1.Cl. The van der Waals surface area contributed by atoms with Gasteiger partial charge < -0.3 is 45.5 Å². The maximum absolute atomic E-state index is 13.6. The molecule has 2 aromatic rings. The first-order chi connectivity index (χ1) is 18.4. The molecule has 7 N–H and O–H groups in total. The third-order valence-corrected chi connectivity index (χ3v) is 7.81. The molecule has 0 amide bonds. The van der Waals surface area contributed by atoms with Gasteiger partial charge in [-0.1, -0.05) is 12.1 Å². The summed E-state index contributed by atoms with van der Waals surface area (Å²) in [6.07, 6.45) is -5.12. The van der Waals surface area contributed by atoms with Crippen LogP contribution in [0.4, 0.5) is 0 Å². The predicted octanol–water partition coefficient (Wildman–Crippen LogP) is 0.423. The van der Waals surface area contributed by atoms with Crippen LogP contribution in [0.15, 0.2) is 18.2 Å². The van der Waals surface area contributed by atoms with E-state index in [4.69, 9.17) is 19.9 Å². The molecule has 1 aliphatic heterocycles. The molecule has 0 bridgehead atoms. The Balaban J connectivity index is 0.00000370. The first kappa shape index (κ1) is 29.9. The average molecular weight is 580 g/mol. The highest BCUT2D eigenvalue weighted by Gasteiger charge is 2.50. The number of methoxy groups -OCH3 is 1. The minimum Gasteiger partial charge on any atom is -0.507 e. The summed E-state index contributed by atoms with van der Waals surface area (Å²) in [5.41, 5.74) is 2.37. The highest BCUT2D eigenvalue weighted by atomic mass is 35.5. The van der Waals surface area contributed by atoms with Crippen molar-refractivity contribution in [2.24, 2.45) is 5.73 Å². The van der Waals surface area contributed by atoms with Gasteiger partial charge in [-0.3, -0.25) is 14.4 Å². The van der Waals surface area contributed by atoms with Crippen molar-refractivity contribution in [1.29, 1.82) is 0 Å². The van der Waals surface area contributed by atoms with Crippen LogP contribution in [0.2, 0.25) is 0 Å². The summed E-state index contributed by atoms with van der Waals surface area (Å²) in [5.74, 6) is -3.77. The van der Waals surface area contributed by atoms with Crippen LogP contribution in [0, 0.1) is 0 Å². The van der Waals surface area contributed by atoms with Crippen molar-refractivity contribution in [1.82, 2.24) is 0 Å². The van der Waals surface area contributed by atoms with Crippen LogP contribution < -0.4 is 10.5 Å². The summed E-state index contributed by atoms with van der Waals surface area (Å²) in [6, 6.07) is 3.64. The number of nitrogens with two attached hydrogens (primary N) is 1. The number of aliphatic hydroxyl groups is 3. The second-order valence-corrected chi connectivity index (χ2v) is 10.2. The van der Waals surface area contributed by atoms with Gasteiger partial charge in [-0.25, -0.2) is 0 Å². The highest BCUT2D eigenvalue weighted by molar-refractivity contribution is 6.31. The van der Waals surface area contributed by atoms with E-state index in [1.54, 1.807) is 6.92 Å². The number of aliphatic hydroxyl groups excluding tert-OH is 2. The van der Waals surface area contributed by atoms with Crippen molar-refractivity contribution in [3.05, 3.63) is 51.6 Å². The summed E-state index contributed by atoms with van der Waals surface area (Å²) in [7, 11) is 1.32. The van der Waals surface area contributed by atoms with Gasteiger partial charge in [-0.2, -0.15) is 0 Å². The number of hydrogen-bond acceptors (Lipinski definition) is 12. The molecular formula is C27H30ClNO11. The highest BCUT2D eigenvalue weighted by Crippen LogP contribution is 2.52. The van der Waals surface area contributed by atoms with Gasteiger partial charge in [-0.15, -0.1) is 12.4 Å². The topological polar surface area (TPSA) is 206 Å². The van der Waals surface area contributed by atoms with Crippen LogP contribution >= 0.6 is 12.4 Å². The van der Waals surface area contributed by atoms with Gasteiger partial charge in [0.15, 0.2) is 17.9 Å². The third-order valence-electron chi connectivity index (χ3n) is 7.81. The lowest BCUT2D eigenvalue weighted by Gasteiger charge is -2.42. The van der Waals surface area contributed by atoms with E-state index in [9.17, 15) is 39.9 Å². The third kappa shape index (κ3) is 4.45. The van der Waals surface area contributed by atoms with Crippen LogP contribution in [0.3, 0.4) is 0 Å². The number of benzene rings is 2. The second kappa shape index (κ2) is 10.7. The number of Topliss-reactive ketones (excluding diaryl/α,β-unsaturated/α-hetero) is 1. The maximum Gasteiger partial charge on any atom is 0.202 e. The molecule has 0 aromatic heterocycles. The number of aromatic hydroxyl groups is 2. The smallest absolute Gasteiger partial charge is 0.202 e. The molecule has 2 aromatic carbocycles. The lowest BCUT2D eigenvalue weighted by Crippen LogP contribution is -2.53. The van der Waals surface area contributed by atoms with Gasteiger partial charge in [0.1, 0.15) is 29.5 Å². The first-order valence-electron chi connectivity index (χ1n) is 12.4. The summed E-state index contributed by atoms with van der Waals surface area (Å²) >= 11 is 0. The summed E-state index contributed by atoms with van der Waals surface area (Å²) in [6.45, 7) is 0.560. The van der Waals surface area contributed by atoms with E-state index in [2.05, 4.69) is 0 Å². The van der Waals surface area contributed by atoms with Crippen molar-refractivity contribution in [2.45, 2.75) is 62.4 Å². The summed E-state index contributed by atoms with van der Waals surface area (Å²) in [5, 5.41) is 53.7. The van der Waals surface area contributed by atoms with E-state index in [0.29, 0.717) is 0 Å². The molecule has 12 nitrogen and oxygen atoms in total. The Bertz CT molecular complexity index is 1380. The number of carbonyl (C=O) groups excluding carboxylic acids is 3. The van der Waals surface area contributed by atoms with Gasteiger partial charge in [0, 0.05) is 42.0 Å². The number of hydrogen-bond donors (Lipinski definition) is 6. The van der Waals surface area contributed by atoms with Crippen molar-refractivity contribution < 1.29 is 54.1 Å². The Morgan fingerprint density at radius 2 is 1.82 bits per heavy atom. The number of carbonyl (C=O) groups is 3. The Kier molecular flexibility index (Phi) is 8.00. The molecule has 40 heavy (non-hydrogen) atoms. The first-order valence-corrected chi connectivity index (χ1v) is 12.4. The molecule has 0 saturated carbocycles. The molecule has 1 heterocycles. The van der Waals surface area contributed by atoms with Crippen LogP contribution in [0.25, 0.3) is 0 Å². The van der Waals surface area contributed by atoms with Crippen LogP contribution in [0.5, 0.6) is 17.2 Å². The zero-order chi connectivity index (χ0) is 28.4. The number of ether oxygens (including phenoxy) is 3. The average Bonchev–Trinajstić information content (AvgIpc) is 2.90. The molecule has 1 saturated heterocycles. The van der Waals surface area contributed by atoms with Gasteiger partial charge in [0.05, 0.1) is 42.1 Å². The summed E-state index contributed by atoms with van der Waals surface area (Å²) < 4.78 is 17.0. The standard InChI is InChI=1S/C27H29NO11.ClH/c1-10-22(31)13(28)6-17(38-10)39-15-8-27(36,16(30)9-29)7-12-19(15)26(35)21-20(24(12)33)23(32)11-4-3-5-14(37-2)18(11)25(21)34;/h3-5,10,13,15,17,22,29,31,33,35-36H,6-9,28H2,1-2H3;1H/t10-,13-,15?,17-,22+,27-;/m0./s1. The Morgan fingerprint density at radius 1 is 1.15 bits per heavy atom. The van der Waals surface area contributed by atoms with Crippen molar-refractivity contribution in [3.63, 3.8) is 0 Å². The van der Waals surface area contributed by atoms with Gasteiger partial charge in [-0.05, 0) is 13.0 Å². The molecule has 13 heteroatoms. The minimum atomic E-state index is -2.24. The monoisotopic (exact) mass is 579 g/mol. The number of phenols is 2. The number of fused-ring (bicyclic) bond motifs is 3. The molecule has 1 fully saturated rings. The van der Waals surface area contributed by atoms with Crippen molar-refractivity contribution >= 4 is 29.8 Å². The van der Waals surface area contributed by atoms with Gasteiger partial charge >= 0.3 is 0 Å². The zero-order valence-electron chi connectivity index (χ0n) is 21.6. The van der Waals surface area contributed by atoms with Crippen LogP contribution in [-0.4, -0.2) is 86.7 Å². The molecule has 0 radical (unpaired) electrons. The van der Waals surface area contributed by atoms with E-state index < -0.39 is 95.7 Å². The minimum absolute atomic E-state index is 0. The number of rotatable bonds is 5. The molecule has 5 rings (SSSR count). The summed E-state index contributed by atoms with van der Waals surface area (Å²) in [4.78, 5) is 39.7. The van der Waals surface area contributed by atoms with E-state index >= 15 is 0 Å². The van der Waals surface area contributed by atoms with E-state index in [-0.39, 0.29) is 46.8 Å². The fraction of sp³-hybridized carbons (Fsp3) is 0.444. The fourth-order valence-corrected chi connectivity index (χ4v) is 5.75. The van der Waals surface area contributed by atoms with E-state index in [0.717, 1.165) is 0 Å². The number of ketones is 3. The molecule has 1 unspecified atom stereocenters. The Morgan fingerprint density at radius 3 is 2.45 bits per heavy atom. The molecule has 3 aliphatic rings. The molecule has 0 spiro atoms. The zero-order valence-corrected chi connectivity index (χ0v) is 22.4. The Labute approximate surface area is 234 Å². The lowest BCUT2D eigenvalue weighted by molar-refractivity contribution is -0.247. The molecular weight excluding hydrogens is 550 g/mol. The maximum atomic E-state index is 13.6. The largest absolute Gasteiger partial charge is 0.507 e. The van der Waals surface area contributed by atoms with Crippen LogP contribution in [-0.2, 0) is 20.7 Å². The van der Waals surface area contributed by atoms with Gasteiger partial charge in [0.2, 0.25) is 5.78 Å². The van der Waals surface area contributed by atoms with Crippen molar-refractivity contribution in [3.8, 4) is 17.2 Å². The Hall–Kier alpha value is -3.10. The van der Waals surface area contributed by atoms with Crippen molar-refractivity contribution in [2.75, 3.05) is 13.7 Å².